The van der Waals surface area contributed by atoms with Gasteiger partial charge in [0.1, 0.15) is 0 Å². The monoisotopic (exact) mass is 477 g/mol. The molecule has 0 fully saturated rings. The molecule has 8 rings (SSSR count). The molecule has 171 valence electrons. The van der Waals surface area contributed by atoms with Crippen molar-refractivity contribution in [3.05, 3.63) is 103 Å². The van der Waals surface area contributed by atoms with Gasteiger partial charge in [-0.25, -0.2) is 0 Å². The largest absolute Gasteiger partial charge is 0.309 e. The number of fused-ring (bicyclic) bond motifs is 6. The predicted octanol–water partition coefficient (Wildman–Crippen LogP) is 8.20. The lowest BCUT2D eigenvalue weighted by Crippen LogP contribution is -2.23. The Kier molecular flexibility index (Phi) is 3.91. The van der Waals surface area contributed by atoms with Gasteiger partial charge in [-0.15, -0.1) is 0 Å². The average Bonchev–Trinajstić information content (AvgIpc) is 3.36. The van der Waals surface area contributed by atoms with Crippen LogP contribution in [0.4, 0.5) is 0 Å². The van der Waals surface area contributed by atoms with E-state index >= 15 is 0 Å². The second kappa shape index (κ2) is 6.99. The van der Waals surface area contributed by atoms with Crippen LogP contribution in [0.1, 0.15) is 5.56 Å². The third kappa shape index (κ3) is 2.36. The van der Waals surface area contributed by atoms with Gasteiger partial charge in [0, 0.05) is 32.6 Å². The van der Waals surface area contributed by atoms with Crippen molar-refractivity contribution >= 4 is 73.9 Å². The zero-order chi connectivity index (χ0) is 24.1. The van der Waals surface area contributed by atoms with Crippen LogP contribution in [0.2, 0.25) is 13.1 Å². The molecule has 0 bridgehead atoms. The van der Waals surface area contributed by atoms with E-state index in [-0.39, 0.29) is 0 Å². The highest BCUT2D eigenvalue weighted by atomic mass is 28.3. The van der Waals surface area contributed by atoms with Crippen LogP contribution in [0.25, 0.3) is 65.6 Å². The molecule has 3 aromatic heterocycles. The standard InChI is InChI=1S/C33H25N2Si/c1-20-10-9-15-25-29(20)32-28(36(2)3)19-18-26-30(32)31-27(34(26)21-11-5-4-6-12-21)17-16-23-22-13-7-8-14-24(22)35(25)33(23)31/h4-19H,1-3H3. The van der Waals surface area contributed by atoms with Gasteiger partial charge in [0.05, 0.1) is 36.4 Å². The number of benzene rings is 5. The molecule has 0 unspecified atom stereocenters. The normalized spacial score (nSPS) is 12.6. The highest BCUT2D eigenvalue weighted by Crippen LogP contribution is 2.45. The highest BCUT2D eigenvalue weighted by Gasteiger charge is 2.25. The molecule has 3 heterocycles. The van der Waals surface area contributed by atoms with Crippen LogP contribution in [0.15, 0.2) is 97.1 Å². The van der Waals surface area contributed by atoms with Crippen molar-refractivity contribution < 1.29 is 0 Å². The number of hydrogen-bond acceptors (Lipinski definition) is 0. The Balaban J connectivity index is 1.84. The molecule has 0 saturated heterocycles. The molecule has 0 aliphatic carbocycles. The summed E-state index contributed by atoms with van der Waals surface area (Å²) in [6.45, 7) is 7.13. The maximum Gasteiger partial charge on any atom is 0.0800 e. The minimum atomic E-state index is -0.709. The molecule has 2 nitrogen and oxygen atoms in total. The van der Waals surface area contributed by atoms with E-state index in [0.29, 0.717) is 0 Å². The maximum absolute atomic E-state index is 2.55. The molecule has 0 atom stereocenters. The molecule has 0 spiro atoms. The summed E-state index contributed by atoms with van der Waals surface area (Å²) in [5.74, 6) is 0. The molecule has 36 heavy (non-hydrogen) atoms. The maximum atomic E-state index is 2.55. The fraction of sp³-hybridized carbons (Fsp3) is 0.0909. The number of aromatic nitrogens is 2. The van der Waals surface area contributed by atoms with Crippen molar-refractivity contribution in [2.24, 2.45) is 0 Å². The second-order valence-electron chi connectivity index (χ2n) is 10.2. The van der Waals surface area contributed by atoms with Crippen molar-refractivity contribution in [2.75, 3.05) is 0 Å². The van der Waals surface area contributed by atoms with Crippen molar-refractivity contribution in [1.82, 2.24) is 8.97 Å². The smallest absolute Gasteiger partial charge is 0.0800 e. The van der Waals surface area contributed by atoms with Crippen LogP contribution < -0.4 is 5.19 Å². The summed E-state index contributed by atoms with van der Waals surface area (Å²) < 4.78 is 5.02. The lowest BCUT2D eigenvalue weighted by molar-refractivity contribution is 1.18. The third-order valence-corrected chi connectivity index (χ3v) is 9.52. The first kappa shape index (κ1) is 20.1. The molecule has 1 radical (unpaired) electrons. The van der Waals surface area contributed by atoms with Crippen molar-refractivity contribution in [3.63, 3.8) is 0 Å². The van der Waals surface area contributed by atoms with Crippen molar-refractivity contribution in [2.45, 2.75) is 20.0 Å². The molecule has 5 aromatic carbocycles. The van der Waals surface area contributed by atoms with Gasteiger partial charge in [-0.1, -0.05) is 78.9 Å². The molecule has 0 saturated carbocycles. The van der Waals surface area contributed by atoms with Gasteiger partial charge in [0.2, 0.25) is 0 Å². The minimum absolute atomic E-state index is 0.709. The Hall–Kier alpha value is -4.08. The van der Waals surface area contributed by atoms with Crippen molar-refractivity contribution in [3.8, 4) is 5.69 Å². The fourth-order valence-electron chi connectivity index (χ4n) is 6.59. The van der Waals surface area contributed by atoms with Gasteiger partial charge < -0.3 is 8.97 Å². The van der Waals surface area contributed by atoms with E-state index in [0.717, 1.165) is 0 Å². The lowest BCUT2D eigenvalue weighted by atomic mass is 10.0. The van der Waals surface area contributed by atoms with Crippen LogP contribution in [-0.2, 0) is 0 Å². The average molecular weight is 478 g/mol. The number of hydrogen-bond donors (Lipinski definition) is 0. The number of rotatable bonds is 2. The van der Waals surface area contributed by atoms with E-state index in [2.05, 4.69) is 126 Å². The van der Waals surface area contributed by atoms with Gasteiger partial charge in [-0.05, 0) is 54.3 Å². The zero-order valence-corrected chi connectivity index (χ0v) is 21.6. The molecule has 8 aromatic rings. The first-order valence-corrected chi connectivity index (χ1v) is 15.1. The molecular weight excluding hydrogens is 452 g/mol. The van der Waals surface area contributed by atoms with Gasteiger partial charge in [-0.3, -0.25) is 0 Å². The minimum Gasteiger partial charge on any atom is -0.309 e. The van der Waals surface area contributed by atoms with Crippen LogP contribution >= 0.6 is 0 Å². The van der Waals surface area contributed by atoms with Crippen molar-refractivity contribution in [1.29, 1.82) is 0 Å². The third-order valence-electron chi connectivity index (χ3n) is 8.02. The van der Waals surface area contributed by atoms with E-state index in [1.54, 1.807) is 0 Å². The number of para-hydroxylation sites is 2. The molecular formula is C33H25N2Si. The summed E-state index contributed by atoms with van der Waals surface area (Å²) in [7, 11) is -0.709. The van der Waals surface area contributed by atoms with Gasteiger partial charge in [-0.2, -0.15) is 0 Å². The van der Waals surface area contributed by atoms with Crippen LogP contribution in [-0.4, -0.2) is 17.8 Å². The first-order chi connectivity index (χ1) is 17.6. The fourth-order valence-corrected chi connectivity index (χ4v) is 7.75. The van der Waals surface area contributed by atoms with E-state index in [4.69, 9.17) is 0 Å². The topological polar surface area (TPSA) is 9.34 Å². The summed E-state index contributed by atoms with van der Waals surface area (Å²) in [6.07, 6.45) is 0. The van der Waals surface area contributed by atoms with E-state index in [1.165, 1.54) is 76.3 Å². The van der Waals surface area contributed by atoms with E-state index < -0.39 is 8.80 Å². The molecule has 0 N–H and O–H groups in total. The predicted molar refractivity (Wildman–Crippen MR) is 157 cm³/mol. The van der Waals surface area contributed by atoms with E-state index in [9.17, 15) is 0 Å². The zero-order valence-electron chi connectivity index (χ0n) is 20.6. The quantitative estimate of drug-likeness (QED) is 0.222. The second-order valence-corrected chi connectivity index (χ2v) is 12.8. The SMILES string of the molecule is Cc1cccc2c1c1c([Si](C)C)ccc3c1c1c(ccc4c5ccccc5n2c41)n3-c1ccccc1. The molecule has 0 aliphatic heterocycles. The Morgan fingerprint density at radius 3 is 2.08 bits per heavy atom. The Labute approximate surface area is 210 Å². The summed E-state index contributed by atoms with van der Waals surface area (Å²) in [5.41, 5.74) is 9.02. The lowest BCUT2D eigenvalue weighted by Gasteiger charge is -2.13. The first-order valence-electron chi connectivity index (χ1n) is 12.6. The van der Waals surface area contributed by atoms with Gasteiger partial charge >= 0.3 is 0 Å². The Morgan fingerprint density at radius 1 is 0.528 bits per heavy atom. The van der Waals surface area contributed by atoms with Crippen LogP contribution in [0.3, 0.4) is 0 Å². The summed E-state index contributed by atoms with van der Waals surface area (Å²) in [6, 6.07) is 36.0. The Bertz CT molecular complexity index is 2130. The highest BCUT2D eigenvalue weighted by molar-refractivity contribution is 6.74. The molecule has 0 amide bonds. The summed E-state index contributed by atoms with van der Waals surface area (Å²) in [4.78, 5) is 0. The van der Waals surface area contributed by atoms with Gasteiger partial charge in [0.15, 0.2) is 0 Å². The van der Waals surface area contributed by atoms with Crippen LogP contribution in [0, 0.1) is 6.92 Å². The summed E-state index contributed by atoms with van der Waals surface area (Å²) >= 11 is 0. The molecule has 3 heteroatoms. The number of aryl methyl sites for hydroxylation is 1. The van der Waals surface area contributed by atoms with Crippen LogP contribution in [0.5, 0.6) is 0 Å². The van der Waals surface area contributed by atoms with E-state index in [1.807, 2.05) is 0 Å². The number of nitrogens with zero attached hydrogens (tertiary/aromatic N) is 2. The molecule has 0 aliphatic rings. The summed E-state index contributed by atoms with van der Waals surface area (Å²) in [5, 5.41) is 9.77. The van der Waals surface area contributed by atoms with Gasteiger partial charge in [0.25, 0.3) is 0 Å². The Morgan fingerprint density at radius 2 is 1.25 bits per heavy atom.